The molecule has 3 heterocycles. The molecule has 0 saturated carbocycles. The fraction of sp³-hybridized carbons (Fsp3) is 0.263. The Bertz CT molecular complexity index is 947. The van der Waals surface area contributed by atoms with Crippen LogP contribution in [0.1, 0.15) is 5.56 Å². The lowest BCUT2D eigenvalue weighted by Gasteiger charge is -2.27. The van der Waals surface area contributed by atoms with Gasteiger partial charge < -0.3 is 14.3 Å². The number of ether oxygens (including phenoxy) is 1. The summed E-state index contributed by atoms with van der Waals surface area (Å²) in [5.41, 5.74) is 1.58. The van der Waals surface area contributed by atoms with Gasteiger partial charge in [0.1, 0.15) is 11.3 Å². The van der Waals surface area contributed by atoms with E-state index in [0.717, 1.165) is 18.5 Å². The molecule has 128 valence electrons. The van der Waals surface area contributed by atoms with Crippen LogP contribution in [0.4, 0.5) is 0 Å². The van der Waals surface area contributed by atoms with Gasteiger partial charge in [-0.15, -0.1) is 0 Å². The summed E-state index contributed by atoms with van der Waals surface area (Å²) >= 11 is 0. The van der Waals surface area contributed by atoms with E-state index in [1.807, 2.05) is 6.07 Å². The summed E-state index contributed by atoms with van der Waals surface area (Å²) in [5, 5.41) is 11.0. The zero-order valence-electron chi connectivity index (χ0n) is 13.6. The molecular weight excluding hydrogens is 320 g/mol. The first-order valence-electron chi connectivity index (χ1n) is 8.22. The van der Waals surface area contributed by atoms with Crippen molar-refractivity contribution in [2.45, 2.75) is 6.54 Å². The first kappa shape index (κ1) is 15.8. The minimum absolute atomic E-state index is 0.132. The Hall–Kier alpha value is -2.70. The normalized spacial score (nSPS) is 15.5. The van der Waals surface area contributed by atoms with E-state index in [4.69, 9.17) is 9.15 Å². The number of phenolic OH excluding ortho intramolecular Hbond substituents is 1. The van der Waals surface area contributed by atoms with Gasteiger partial charge in [-0.3, -0.25) is 9.88 Å². The highest BCUT2D eigenvalue weighted by Gasteiger charge is 2.18. The number of hydrogen-bond donors (Lipinski definition) is 1. The number of rotatable bonds is 3. The number of benzene rings is 1. The van der Waals surface area contributed by atoms with E-state index in [2.05, 4.69) is 9.88 Å². The second kappa shape index (κ2) is 6.66. The Morgan fingerprint density at radius 2 is 2.00 bits per heavy atom. The molecule has 4 rings (SSSR count). The van der Waals surface area contributed by atoms with Gasteiger partial charge in [0.25, 0.3) is 0 Å². The quantitative estimate of drug-likeness (QED) is 0.739. The summed E-state index contributed by atoms with van der Waals surface area (Å²) in [4.78, 5) is 18.9. The highest BCUT2D eigenvalue weighted by atomic mass is 16.5. The van der Waals surface area contributed by atoms with Crippen LogP contribution >= 0.6 is 0 Å². The van der Waals surface area contributed by atoms with Gasteiger partial charge >= 0.3 is 5.63 Å². The van der Waals surface area contributed by atoms with E-state index in [0.29, 0.717) is 42.2 Å². The molecule has 0 unspecified atom stereocenters. The molecule has 0 bridgehead atoms. The van der Waals surface area contributed by atoms with E-state index in [1.54, 1.807) is 36.5 Å². The zero-order chi connectivity index (χ0) is 17.2. The molecular formula is C19H18N2O4. The Balaban J connectivity index is 1.80. The van der Waals surface area contributed by atoms with E-state index in [9.17, 15) is 9.90 Å². The van der Waals surface area contributed by atoms with Crippen molar-refractivity contribution in [3.63, 3.8) is 0 Å². The molecule has 2 aromatic heterocycles. The van der Waals surface area contributed by atoms with Crippen molar-refractivity contribution in [3.05, 3.63) is 58.6 Å². The zero-order valence-corrected chi connectivity index (χ0v) is 13.6. The molecule has 25 heavy (non-hydrogen) atoms. The second-order valence-corrected chi connectivity index (χ2v) is 6.03. The molecule has 1 aliphatic heterocycles. The van der Waals surface area contributed by atoms with Crippen molar-refractivity contribution < 1.29 is 14.3 Å². The Morgan fingerprint density at radius 1 is 1.16 bits per heavy atom. The first-order valence-corrected chi connectivity index (χ1v) is 8.22. The number of morpholine rings is 1. The Morgan fingerprint density at radius 3 is 2.76 bits per heavy atom. The standard InChI is InChI=1S/C19H18N2O4/c22-17-5-4-13-11-14(16-3-1-2-6-20-16)19(23)25-18(13)15(17)12-21-7-9-24-10-8-21/h1-6,11,22H,7-10,12H2. The van der Waals surface area contributed by atoms with E-state index >= 15 is 0 Å². The van der Waals surface area contributed by atoms with Crippen LogP contribution in [0.15, 0.2) is 51.8 Å². The van der Waals surface area contributed by atoms with Crippen LogP contribution in [-0.4, -0.2) is 41.3 Å². The molecule has 1 N–H and O–H groups in total. The molecule has 0 atom stereocenters. The Kier molecular flexibility index (Phi) is 4.21. The number of phenols is 1. The molecule has 1 aromatic carbocycles. The number of hydrogen-bond acceptors (Lipinski definition) is 6. The highest BCUT2D eigenvalue weighted by molar-refractivity contribution is 5.85. The minimum Gasteiger partial charge on any atom is -0.507 e. The second-order valence-electron chi connectivity index (χ2n) is 6.03. The van der Waals surface area contributed by atoms with Gasteiger partial charge in [-0.2, -0.15) is 0 Å². The number of aromatic hydroxyl groups is 1. The summed E-state index contributed by atoms with van der Waals surface area (Å²) < 4.78 is 10.9. The number of pyridine rings is 1. The van der Waals surface area contributed by atoms with Crippen molar-refractivity contribution in [1.82, 2.24) is 9.88 Å². The maximum Gasteiger partial charge on any atom is 0.345 e. The van der Waals surface area contributed by atoms with Crippen molar-refractivity contribution in [3.8, 4) is 17.0 Å². The monoisotopic (exact) mass is 338 g/mol. The predicted octanol–water partition coefficient (Wildman–Crippen LogP) is 2.39. The third-order valence-electron chi connectivity index (χ3n) is 4.41. The molecule has 1 fully saturated rings. The van der Waals surface area contributed by atoms with Crippen LogP contribution < -0.4 is 5.63 Å². The van der Waals surface area contributed by atoms with Crippen LogP contribution in [-0.2, 0) is 11.3 Å². The fourth-order valence-corrected chi connectivity index (χ4v) is 3.07. The molecule has 0 radical (unpaired) electrons. The smallest absolute Gasteiger partial charge is 0.345 e. The van der Waals surface area contributed by atoms with E-state index < -0.39 is 5.63 Å². The van der Waals surface area contributed by atoms with E-state index in [-0.39, 0.29) is 5.75 Å². The van der Waals surface area contributed by atoms with Crippen LogP contribution in [0.25, 0.3) is 22.2 Å². The number of nitrogens with zero attached hydrogens (tertiary/aromatic N) is 2. The average molecular weight is 338 g/mol. The summed E-state index contributed by atoms with van der Waals surface area (Å²) in [6.45, 7) is 3.41. The third kappa shape index (κ3) is 3.14. The van der Waals surface area contributed by atoms with Crippen LogP contribution in [0.2, 0.25) is 0 Å². The van der Waals surface area contributed by atoms with Gasteiger partial charge in [-0.05, 0) is 30.3 Å². The van der Waals surface area contributed by atoms with Gasteiger partial charge in [0.15, 0.2) is 0 Å². The lowest BCUT2D eigenvalue weighted by Crippen LogP contribution is -2.35. The molecule has 6 nitrogen and oxygen atoms in total. The van der Waals surface area contributed by atoms with Crippen LogP contribution in [0, 0.1) is 0 Å². The molecule has 0 spiro atoms. The van der Waals surface area contributed by atoms with Crippen molar-refractivity contribution in [2.75, 3.05) is 26.3 Å². The molecule has 6 heteroatoms. The lowest BCUT2D eigenvalue weighted by molar-refractivity contribution is 0.0339. The van der Waals surface area contributed by atoms with Gasteiger partial charge in [-0.25, -0.2) is 4.79 Å². The fourth-order valence-electron chi connectivity index (χ4n) is 3.07. The summed E-state index contributed by atoms with van der Waals surface area (Å²) in [6, 6.07) is 10.6. The summed E-state index contributed by atoms with van der Waals surface area (Å²) in [7, 11) is 0. The van der Waals surface area contributed by atoms with Crippen molar-refractivity contribution >= 4 is 11.0 Å². The van der Waals surface area contributed by atoms with Gasteiger partial charge in [-0.1, -0.05) is 6.07 Å². The molecule has 3 aromatic rings. The predicted molar refractivity (Wildman–Crippen MR) is 93.5 cm³/mol. The minimum atomic E-state index is -0.458. The maximum absolute atomic E-state index is 12.5. The van der Waals surface area contributed by atoms with Gasteiger partial charge in [0, 0.05) is 31.2 Å². The largest absolute Gasteiger partial charge is 0.507 e. The SMILES string of the molecule is O=c1oc2c(CN3CCOCC3)c(O)ccc2cc1-c1ccccn1. The van der Waals surface area contributed by atoms with Crippen LogP contribution in [0.5, 0.6) is 5.75 Å². The molecule has 1 aliphatic rings. The summed E-state index contributed by atoms with van der Waals surface area (Å²) in [5.74, 6) is 0.132. The van der Waals surface area contributed by atoms with Crippen molar-refractivity contribution in [1.29, 1.82) is 0 Å². The Labute approximate surface area is 144 Å². The number of aromatic nitrogens is 1. The molecule has 1 saturated heterocycles. The highest BCUT2D eigenvalue weighted by Crippen LogP contribution is 2.29. The van der Waals surface area contributed by atoms with Gasteiger partial charge in [0.05, 0.1) is 30.0 Å². The van der Waals surface area contributed by atoms with Crippen molar-refractivity contribution in [2.24, 2.45) is 0 Å². The molecule has 0 aliphatic carbocycles. The lowest BCUT2D eigenvalue weighted by atomic mass is 10.1. The van der Waals surface area contributed by atoms with Gasteiger partial charge in [0.2, 0.25) is 0 Å². The topological polar surface area (TPSA) is 75.8 Å². The third-order valence-corrected chi connectivity index (χ3v) is 4.41. The van der Waals surface area contributed by atoms with Crippen LogP contribution in [0.3, 0.4) is 0 Å². The summed E-state index contributed by atoms with van der Waals surface area (Å²) in [6.07, 6.45) is 1.64. The molecule has 0 amide bonds. The maximum atomic E-state index is 12.5. The first-order chi connectivity index (χ1) is 12.2. The number of fused-ring (bicyclic) bond motifs is 1. The average Bonchev–Trinajstić information content (AvgIpc) is 2.65. The van der Waals surface area contributed by atoms with E-state index in [1.165, 1.54) is 0 Å².